The Morgan fingerprint density at radius 2 is 1.96 bits per heavy atom. The van der Waals surface area contributed by atoms with Crippen LogP contribution in [0.4, 0.5) is 11.4 Å². The highest BCUT2D eigenvalue weighted by Crippen LogP contribution is 2.30. The molecule has 1 aliphatic heterocycles. The number of amides is 2. The van der Waals surface area contributed by atoms with Crippen LogP contribution < -0.4 is 10.2 Å². The topological polar surface area (TPSA) is 49.4 Å². The molecule has 0 fully saturated rings. The number of hydrogen-bond donors (Lipinski definition) is 1. The zero-order chi connectivity index (χ0) is 16.2. The van der Waals surface area contributed by atoms with Crippen molar-refractivity contribution in [3.05, 3.63) is 59.7 Å². The number of likely N-dealkylation sites (N-methyl/N-ethyl adjacent to an activating group) is 1. The van der Waals surface area contributed by atoms with Crippen molar-refractivity contribution < 1.29 is 9.59 Å². The summed E-state index contributed by atoms with van der Waals surface area (Å²) in [5, 5.41) is 2.92. The second-order valence-electron chi connectivity index (χ2n) is 5.86. The van der Waals surface area contributed by atoms with Gasteiger partial charge in [-0.1, -0.05) is 30.3 Å². The smallest absolute Gasteiger partial charge is 0.231 e. The average molecular weight is 308 g/mol. The molecular weight excluding hydrogens is 288 g/mol. The lowest BCUT2D eigenvalue weighted by Gasteiger charge is -2.11. The molecule has 0 spiro atoms. The molecule has 1 N–H and O–H groups in total. The molecule has 23 heavy (non-hydrogen) atoms. The summed E-state index contributed by atoms with van der Waals surface area (Å²) < 4.78 is 0. The lowest BCUT2D eigenvalue weighted by molar-refractivity contribution is -0.117. The van der Waals surface area contributed by atoms with Crippen LogP contribution in [0.15, 0.2) is 48.5 Å². The van der Waals surface area contributed by atoms with E-state index in [2.05, 4.69) is 17.4 Å². The quantitative estimate of drug-likeness (QED) is 0.922. The van der Waals surface area contributed by atoms with E-state index in [4.69, 9.17) is 0 Å². The van der Waals surface area contributed by atoms with Gasteiger partial charge in [-0.05, 0) is 42.2 Å². The molecule has 3 rings (SSSR count). The van der Waals surface area contributed by atoms with Crippen molar-refractivity contribution in [2.45, 2.75) is 25.7 Å². The summed E-state index contributed by atoms with van der Waals surface area (Å²) in [7, 11) is 1.77. The standard InChI is InChI=1S/C19H20N2O2/c1-21-17-11-10-16(12-15(17)13-19(21)23)20-18(22)9-5-8-14-6-3-2-4-7-14/h2-4,6-7,10-12H,5,8-9,13H2,1H3,(H,20,22). The van der Waals surface area contributed by atoms with E-state index in [0.717, 1.165) is 29.8 Å². The van der Waals surface area contributed by atoms with Gasteiger partial charge in [0.1, 0.15) is 0 Å². The van der Waals surface area contributed by atoms with Gasteiger partial charge in [0.15, 0.2) is 0 Å². The van der Waals surface area contributed by atoms with Crippen molar-refractivity contribution >= 4 is 23.2 Å². The Labute approximate surface area is 136 Å². The van der Waals surface area contributed by atoms with Crippen LogP contribution in [0.3, 0.4) is 0 Å². The second-order valence-corrected chi connectivity index (χ2v) is 5.86. The molecule has 0 bridgehead atoms. The summed E-state index contributed by atoms with van der Waals surface area (Å²) in [6, 6.07) is 15.8. The van der Waals surface area contributed by atoms with Crippen LogP contribution in [0, 0.1) is 0 Å². The van der Waals surface area contributed by atoms with Gasteiger partial charge in [-0.2, -0.15) is 0 Å². The maximum atomic E-state index is 12.0. The lowest BCUT2D eigenvalue weighted by Crippen LogP contribution is -2.20. The molecule has 1 heterocycles. The molecule has 0 aliphatic carbocycles. The van der Waals surface area contributed by atoms with Gasteiger partial charge in [-0.15, -0.1) is 0 Å². The Bertz CT molecular complexity index is 725. The monoisotopic (exact) mass is 308 g/mol. The second kappa shape index (κ2) is 6.65. The van der Waals surface area contributed by atoms with Crippen molar-refractivity contribution in [1.29, 1.82) is 0 Å². The first kappa shape index (κ1) is 15.3. The minimum atomic E-state index is 0.0126. The molecule has 0 atom stereocenters. The third-order valence-electron chi connectivity index (χ3n) is 4.15. The Morgan fingerprint density at radius 3 is 2.74 bits per heavy atom. The molecule has 0 unspecified atom stereocenters. The van der Waals surface area contributed by atoms with Crippen molar-refractivity contribution in [3.8, 4) is 0 Å². The molecule has 2 aromatic carbocycles. The Balaban J connectivity index is 1.53. The summed E-state index contributed by atoms with van der Waals surface area (Å²) in [4.78, 5) is 25.4. The predicted octanol–water partition coefficient (Wildman–Crippen LogP) is 3.17. The fourth-order valence-corrected chi connectivity index (χ4v) is 2.87. The number of anilines is 2. The van der Waals surface area contributed by atoms with E-state index in [1.54, 1.807) is 11.9 Å². The summed E-state index contributed by atoms with van der Waals surface area (Å²) in [5.74, 6) is 0.102. The lowest BCUT2D eigenvalue weighted by atomic mass is 10.1. The molecule has 118 valence electrons. The van der Waals surface area contributed by atoms with E-state index in [0.29, 0.717) is 12.8 Å². The number of aryl methyl sites for hydroxylation is 1. The van der Waals surface area contributed by atoms with Crippen molar-refractivity contribution in [2.75, 3.05) is 17.3 Å². The van der Waals surface area contributed by atoms with Gasteiger partial charge >= 0.3 is 0 Å². The van der Waals surface area contributed by atoms with Crippen molar-refractivity contribution in [1.82, 2.24) is 0 Å². The van der Waals surface area contributed by atoms with Crippen LogP contribution in [-0.4, -0.2) is 18.9 Å². The molecule has 2 amide bonds. The first-order valence-corrected chi connectivity index (χ1v) is 7.87. The van der Waals surface area contributed by atoms with E-state index in [9.17, 15) is 9.59 Å². The maximum Gasteiger partial charge on any atom is 0.231 e. The first-order valence-electron chi connectivity index (χ1n) is 7.87. The zero-order valence-electron chi connectivity index (χ0n) is 13.2. The number of nitrogens with one attached hydrogen (secondary N) is 1. The molecule has 1 aliphatic rings. The van der Waals surface area contributed by atoms with Gasteiger partial charge in [0.25, 0.3) is 0 Å². The van der Waals surface area contributed by atoms with Crippen LogP contribution in [0.25, 0.3) is 0 Å². The van der Waals surface area contributed by atoms with Crippen LogP contribution in [-0.2, 0) is 22.4 Å². The third kappa shape index (κ3) is 3.59. The summed E-state index contributed by atoms with van der Waals surface area (Å²) in [6.45, 7) is 0. The van der Waals surface area contributed by atoms with Gasteiger partial charge < -0.3 is 10.2 Å². The maximum absolute atomic E-state index is 12.0. The van der Waals surface area contributed by atoms with Crippen molar-refractivity contribution in [3.63, 3.8) is 0 Å². The van der Waals surface area contributed by atoms with Crippen molar-refractivity contribution in [2.24, 2.45) is 0 Å². The van der Waals surface area contributed by atoms with Gasteiger partial charge in [-0.25, -0.2) is 0 Å². The fraction of sp³-hybridized carbons (Fsp3) is 0.263. The van der Waals surface area contributed by atoms with Gasteiger partial charge in [0, 0.05) is 24.8 Å². The highest BCUT2D eigenvalue weighted by molar-refractivity contribution is 6.02. The Kier molecular flexibility index (Phi) is 4.42. The summed E-state index contributed by atoms with van der Waals surface area (Å²) >= 11 is 0. The van der Waals surface area contributed by atoms with Gasteiger partial charge in [0.2, 0.25) is 11.8 Å². The number of fused-ring (bicyclic) bond motifs is 1. The van der Waals surface area contributed by atoms with Crippen LogP contribution in [0.1, 0.15) is 24.0 Å². The minimum absolute atomic E-state index is 0.0126. The van der Waals surface area contributed by atoms with E-state index in [1.807, 2.05) is 36.4 Å². The number of rotatable bonds is 5. The normalized spacial score (nSPS) is 13.1. The zero-order valence-corrected chi connectivity index (χ0v) is 13.2. The summed E-state index contributed by atoms with van der Waals surface area (Å²) in [5.41, 5.74) is 3.91. The number of hydrogen-bond acceptors (Lipinski definition) is 2. The first-order chi connectivity index (χ1) is 11.1. The molecule has 4 nitrogen and oxygen atoms in total. The molecule has 0 saturated heterocycles. The van der Waals surface area contributed by atoms with Gasteiger partial charge in [0.05, 0.1) is 6.42 Å². The minimum Gasteiger partial charge on any atom is -0.326 e. The molecule has 0 radical (unpaired) electrons. The molecule has 2 aromatic rings. The van der Waals surface area contributed by atoms with Crippen LogP contribution in [0.2, 0.25) is 0 Å². The van der Waals surface area contributed by atoms with E-state index in [-0.39, 0.29) is 11.8 Å². The molecule has 0 aromatic heterocycles. The van der Waals surface area contributed by atoms with Gasteiger partial charge in [-0.3, -0.25) is 9.59 Å². The molecule has 0 saturated carbocycles. The van der Waals surface area contributed by atoms with Crippen LogP contribution >= 0.6 is 0 Å². The molecule has 4 heteroatoms. The highest BCUT2D eigenvalue weighted by atomic mass is 16.2. The van der Waals surface area contributed by atoms with E-state index >= 15 is 0 Å². The van der Waals surface area contributed by atoms with E-state index < -0.39 is 0 Å². The van der Waals surface area contributed by atoms with E-state index in [1.165, 1.54) is 5.56 Å². The number of carbonyl (C=O) groups excluding carboxylic acids is 2. The Morgan fingerprint density at radius 1 is 1.17 bits per heavy atom. The SMILES string of the molecule is CN1C(=O)Cc2cc(NC(=O)CCCc3ccccc3)ccc21. The number of nitrogens with zero attached hydrogens (tertiary/aromatic N) is 1. The highest BCUT2D eigenvalue weighted by Gasteiger charge is 2.23. The largest absolute Gasteiger partial charge is 0.326 e. The molecular formula is C19H20N2O2. The summed E-state index contributed by atoms with van der Waals surface area (Å²) in [6.07, 6.45) is 2.62. The predicted molar refractivity (Wildman–Crippen MR) is 91.6 cm³/mol. The fourth-order valence-electron chi connectivity index (χ4n) is 2.87. The number of carbonyl (C=O) groups is 2. The Hall–Kier alpha value is -2.62. The third-order valence-corrected chi connectivity index (χ3v) is 4.15. The number of benzene rings is 2. The average Bonchev–Trinajstić information content (AvgIpc) is 2.82. The van der Waals surface area contributed by atoms with Crippen LogP contribution in [0.5, 0.6) is 0 Å².